The van der Waals surface area contributed by atoms with Crippen LogP contribution in [0.4, 0.5) is 0 Å². The number of hydrogen-bond donors (Lipinski definition) is 2. The Balaban J connectivity index is 0.00000324. The largest absolute Gasteiger partial charge is 0.493 e. The van der Waals surface area contributed by atoms with Crippen molar-refractivity contribution in [1.29, 1.82) is 0 Å². The number of pyridine rings is 1. The number of hydrogen-bond acceptors (Lipinski definition) is 5. The van der Waals surface area contributed by atoms with E-state index in [-0.39, 0.29) is 35.5 Å². The number of aliphatic carboxylic acids is 1. The first-order chi connectivity index (χ1) is 8.49. The number of aromatic nitrogens is 1. The van der Waals surface area contributed by atoms with Crippen molar-refractivity contribution >= 4 is 24.3 Å². The molecule has 1 rings (SSSR count). The molecule has 0 radical (unpaired) electrons. The second kappa shape index (κ2) is 7.42. The number of rotatable bonds is 5. The molecular formula is C11H15ClN2O5. The molecular weight excluding hydrogens is 276 g/mol. The highest BCUT2D eigenvalue weighted by Crippen LogP contribution is 2.27. The number of nitrogens with one attached hydrogen (secondary N) is 1. The summed E-state index contributed by atoms with van der Waals surface area (Å²) in [5, 5.41) is 11.2. The van der Waals surface area contributed by atoms with Crippen molar-refractivity contribution in [2.45, 2.75) is 13.0 Å². The van der Waals surface area contributed by atoms with Gasteiger partial charge in [-0.2, -0.15) is 0 Å². The molecule has 0 saturated carbocycles. The number of nitrogens with zero attached hydrogens (tertiary/aromatic N) is 1. The highest BCUT2D eigenvalue weighted by Gasteiger charge is 2.17. The molecule has 19 heavy (non-hydrogen) atoms. The highest BCUT2D eigenvalue weighted by molar-refractivity contribution is 5.92. The first-order valence-electron chi connectivity index (χ1n) is 5.15. The minimum absolute atomic E-state index is 0. The lowest BCUT2D eigenvalue weighted by Crippen LogP contribution is -2.23. The maximum absolute atomic E-state index is 11.4. The average molecular weight is 291 g/mol. The fourth-order valence-corrected chi connectivity index (χ4v) is 1.17. The molecule has 0 aliphatic heterocycles. The van der Waals surface area contributed by atoms with Gasteiger partial charge in [-0.05, 0) is 6.92 Å². The minimum Gasteiger partial charge on any atom is -0.493 e. The molecule has 1 atom stereocenters. The van der Waals surface area contributed by atoms with Crippen molar-refractivity contribution in [3.8, 4) is 11.5 Å². The van der Waals surface area contributed by atoms with Crippen LogP contribution >= 0.6 is 12.4 Å². The first kappa shape index (κ1) is 17.0. The number of amides is 1. The third-order valence-electron chi connectivity index (χ3n) is 2.16. The average Bonchev–Trinajstić information content (AvgIpc) is 2.37. The van der Waals surface area contributed by atoms with E-state index in [1.807, 2.05) is 0 Å². The van der Waals surface area contributed by atoms with Gasteiger partial charge in [0.05, 0.1) is 13.3 Å². The van der Waals surface area contributed by atoms with Crippen LogP contribution in [-0.2, 0) is 4.79 Å². The Kier molecular flexibility index (Phi) is 6.63. The minimum atomic E-state index is -1.10. The lowest BCUT2D eigenvalue weighted by Gasteiger charge is -2.13. The smallest absolute Gasteiger partial charge is 0.344 e. The van der Waals surface area contributed by atoms with Gasteiger partial charge in [0, 0.05) is 13.1 Å². The van der Waals surface area contributed by atoms with Gasteiger partial charge in [0.2, 0.25) is 0 Å². The van der Waals surface area contributed by atoms with Crippen molar-refractivity contribution in [2.75, 3.05) is 14.2 Å². The van der Waals surface area contributed by atoms with Crippen LogP contribution in [0, 0.1) is 0 Å². The van der Waals surface area contributed by atoms with Gasteiger partial charge in [-0.25, -0.2) is 9.78 Å². The van der Waals surface area contributed by atoms with Gasteiger partial charge in [-0.1, -0.05) is 0 Å². The van der Waals surface area contributed by atoms with Crippen molar-refractivity contribution < 1.29 is 24.2 Å². The summed E-state index contributed by atoms with van der Waals surface area (Å²) in [6, 6.07) is 1.38. The molecule has 1 aromatic heterocycles. The highest BCUT2D eigenvalue weighted by atomic mass is 35.5. The second-order valence-electron chi connectivity index (χ2n) is 3.40. The van der Waals surface area contributed by atoms with E-state index in [0.29, 0.717) is 0 Å². The van der Waals surface area contributed by atoms with Crippen molar-refractivity contribution in [2.24, 2.45) is 0 Å². The van der Waals surface area contributed by atoms with Gasteiger partial charge in [-0.3, -0.25) is 4.79 Å². The zero-order chi connectivity index (χ0) is 13.7. The van der Waals surface area contributed by atoms with Crippen LogP contribution in [0.15, 0.2) is 12.3 Å². The second-order valence-corrected chi connectivity index (χ2v) is 3.40. The number of methoxy groups -OCH3 is 1. The Morgan fingerprint density at radius 2 is 2.05 bits per heavy atom. The molecule has 2 N–H and O–H groups in total. The van der Waals surface area contributed by atoms with Gasteiger partial charge < -0.3 is 19.9 Å². The van der Waals surface area contributed by atoms with E-state index in [1.165, 1.54) is 33.3 Å². The van der Waals surface area contributed by atoms with Crippen molar-refractivity contribution in [3.63, 3.8) is 0 Å². The predicted octanol–water partition coefficient (Wildman–Crippen LogP) is 0.723. The standard InChI is InChI=1S/C11H14N2O5.ClH/c1-6(11(15)16)18-9-5-13-7(10(14)12-2)4-8(9)17-3;/h4-6H,1-3H3,(H,12,14)(H,15,16);1H. The van der Waals surface area contributed by atoms with E-state index in [1.54, 1.807) is 0 Å². The summed E-state index contributed by atoms with van der Waals surface area (Å²) in [5.74, 6) is -1.06. The molecule has 0 spiro atoms. The normalized spacial score (nSPS) is 10.9. The van der Waals surface area contributed by atoms with Crippen LogP contribution in [0.3, 0.4) is 0 Å². The summed E-state index contributed by atoms with van der Waals surface area (Å²) in [6.07, 6.45) is 0.217. The molecule has 0 aliphatic rings. The van der Waals surface area contributed by atoms with E-state index >= 15 is 0 Å². The third-order valence-corrected chi connectivity index (χ3v) is 2.16. The van der Waals surface area contributed by atoms with Crippen LogP contribution < -0.4 is 14.8 Å². The van der Waals surface area contributed by atoms with Crippen LogP contribution in [0.25, 0.3) is 0 Å². The number of halogens is 1. The fourth-order valence-electron chi connectivity index (χ4n) is 1.17. The van der Waals surface area contributed by atoms with Crippen molar-refractivity contribution in [1.82, 2.24) is 10.3 Å². The Morgan fingerprint density at radius 3 is 2.53 bits per heavy atom. The Bertz CT molecular complexity index is 466. The maximum atomic E-state index is 11.4. The molecule has 1 unspecified atom stereocenters. The summed E-state index contributed by atoms with van der Waals surface area (Å²) < 4.78 is 10.2. The molecule has 0 saturated heterocycles. The zero-order valence-corrected chi connectivity index (χ0v) is 11.5. The van der Waals surface area contributed by atoms with Gasteiger partial charge in [0.15, 0.2) is 17.6 Å². The summed E-state index contributed by atoms with van der Waals surface area (Å²) in [5.41, 5.74) is 0.157. The van der Waals surface area contributed by atoms with Crippen LogP contribution in [0.2, 0.25) is 0 Å². The molecule has 0 bridgehead atoms. The summed E-state index contributed by atoms with van der Waals surface area (Å²) in [6.45, 7) is 1.38. The number of carboxylic acids is 1. The molecule has 0 fully saturated rings. The lowest BCUT2D eigenvalue weighted by molar-refractivity contribution is -0.144. The quantitative estimate of drug-likeness (QED) is 0.829. The predicted molar refractivity (Wildman–Crippen MR) is 69.2 cm³/mol. The van der Waals surface area contributed by atoms with Gasteiger partial charge >= 0.3 is 5.97 Å². The van der Waals surface area contributed by atoms with Crippen LogP contribution in [-0.4, -0.2) is 42.2 Å². The molecule has 1 amide bonds. The Labute approximate surface area is 116 Å². The molecule has 0 aliphatic carbocycles. The topological polar surface area (TPSA) is 97.8 Å². The van der Waals surface area contributed by atoms with E-state index in [9.17, 15) is 9.59 Å². The zero-order valence-electron chi connectivity index (χ0n) is 10.7. The summed E-state index contributed by atoms with van der Waals surface area (Å²) >= 11 is 0. The number of ether oxygens (including phenoxy) is 2. The summed E-state index contributed by atoms with van der Waals surface area (Å²) in [4.78, 5) is 25.9. The maximum Gasteiger partial charge on any atom is 0.344 e. The fraction of sp³-hybridized carbons (Fsp3) is 0.364. The summed E-state index contributed by atoms with van der Waals surface area (Å²) in [7, 11) is 2.87. The van der Waals surface area contributed by atoms with E-state index in [2.05, 4.69) is 10.3 Å². The van der Waals surface area contributed by atoms with Gasteiger partial charge in [0.25, 0.3) is 5.91 Å². The van der Waals surface area contributed by atoms with Gasteiger partial charge in [-0.15, -0.1) is 12.4 Å². The molecule has 1 aromatic rings. The van der Waals surface area contributed by atoms with E-state index < -0.39 is 12.1 Å². The molecule has 1 heterocycles. The van der Waals surface area contributed by atoms with E-state index in [0.717, 1.165) is 0 Å². The van der Waals surface area contributed by atoms with E-state index in [4.69, 9.17) is 14.6 Å². The monoisotopic (exact) mass is 290 g/mol. The number of carboxylic acid groups (broad SMARTS) is 1. The number of carbonyl (C=O) groups is 2. The molecule has 8 heteroatoms. The van der Waals surface area contributed by atoms with Gasteiger partial charge in [0.1, 0.15) is 5.69 Å². The van der Waals surface area contributed by atoms with Crippen LogP contribution in [0.5, 0.6) is 11.5 Å². The molecule has 7 nitrogen and oxygen atoms in total. The lowest BCUT2D eigenvalue weighted by atomic mass is 10.3. The Morgan fingerprint density at radius 1 is 1.42 bits per heavy atom. The third kappa shape index (κ3) is 4.29. The molecule has 106 valence electrons. The first-order valence-corrected chi connectivity index (χ1v) is 5.15. The number of carbonyl (C=O) groups excluding carboxylic acids is 1. The molecule has 0 aromatic carbocycles. The Hall–Kier alpha value is -2.02. The van der Waals surface area contributed by atoms with Crippen LogP contribution in [0.1, 0.15) is 17.4 Å². The SMILES string of the molecule is CNC(=O)c1cc(OC)c(OC(C)C(=O)O)cn1.Cl. The van der Waals surface area contributed by atoms with Crippen molar-refractivity contribution in [3.05, 3.63) is 18.0 Å².